The van der Waals surface area contributed by atoms with E-state index in [9.17, 15) is 4.79 Å². The van der Waals surface area contributed by atoms with Crippen LogP contribution in [0, 0.1) is 0 Å². The number of hydrogen-bond acceptors (Lipinski definition) is 4. The number of nitrogens with zero attached hydrogens (tertiary/aromatic N) is 3. The van der Waals surface area contributed by atoms with Crippen LogP contribution in [0.25, 0.3) is 0 Å². The van der Waals surface area contributed by atoms with Gasteiger partial charge < -0.3 is 4.90 Å². The Morgan fingerprint density at radius 1 is 1.04 bits per heavy atom. The molecule has 0 spiro atoms. The molecule has 0 radical (unpaired) electrons. The summed E-state index contributed by atoms with van der Waals surface area (Å²) in [5.41, 5.74) is 2.35. The number of aromatic nitrogens is 2. The fraction of sp³-hybridized carbons (Fsp3) is 0.118. The van der Waals surface area contributed by atoms with Crippen LogP contribution < -0.4 is 0 Å². The molecule has 0 saturated carbocycles. The summed E-state index contributed by atoms with van der Waals surface area (Å²) in [4.78, 5) is 22.8. The molecular weight excluding hydrogens is 365 g/mol. The van der Waals surface area contributed by atoms with Crippen LogP contribution in [0.15, 0.2) is 55.1 Å². The zero-order chi connectivity index (χ0) is 16.9. The second-order valence-corrected chi connectivity index (χ2v) is 7.40. The highest BCUT2D eigenvalue weighted by Gasteiger charge is 2.21. The third kappa shape index (κ3) is 4.12. The number of pyridine rings is 2. The molecule has 3 rings (SSSR count). The van der Waals surface area contributed by atoms with E-state index in [4.69, 9.17) is 23.2 Å². The molecule has 0 aromatic carbocycles. The third-order valence-electron chi connectivity index (χ3n) is 3.39. The van der Waals surface area contributed by atoms with Gasteiger partial charge in [0.1, 0.15) is 4.34 Å². The monoisotopic (exact) mass is 377 g/mol. The molecule has 0 fully saturated rings. The first-order chi connectivity index (χ1) is 11.6. The number of amides is 1. The van der Waals surface area contributed by atoms with Gasteiger partial charge in [0.05, 0.1) is 9.90 Å². The van der Waals surface area contributed by atoms with Crippen molar-refractivity contribution >= 4 is 40.4 Å². The molecule has 0 aliphatic carbocycles. The van der Waals surface area contributed by atoms with E-state index in [-0.39, 0.29) is 5.91 Å². The molecule has 0 N–H and O–H groups in total. The van der Waals surface area contributed by atoms with E-state index in [1.165, 1.54) is 11.3 Å². The van der Waals surface area contributed by atoms with E-state index < -0.39 is 0 Å². The summed E-state index contributed by atoms with van der Waals surface area (Å²) >= 11 is 13.3. The Morgan fingerprint density at radius 3 is 2.42 bits per heavy atom. The minimum atomic E-state index is -0.163. The van der Waals surface area contributed by atoms with Crippen molar-refractivity contribution in [3.8, 4) is 0 Å². The number of carbonyl (C=O) groups is 1. The molecule has 3 heterocycles. The fourth-order valence-corrected chi connectivity index (χ4v) is 3.72. The van der Waals surface area contributed by atoms with Crippen LogP contribution in [-0.4, -0.2) is 20.8 Å². The van der Waals surface area contributed by atoms with Gasteiger partial charge in [0.2, 0.25) is 0 Å². The predicted octanol–water partition coefficient (Wildman–Crippen LogP) is 4.69. The van der Waals surface area contributed by atoms with E-state index in [2.05, 4.69) is 9.97 Å². The van der Waals surface area contributed by atoms with Crippen molar-refractivity contribution < 1.29 is 4.79 Å². The van der Waals surface area contributed by atoms with Crippen LogP contribution in [0.3, 0.4) is 0 Å². The molecule has 0 saturated heterocycles. The summed E-state index contributed by atoms with van der Waals surface area (Å²) in [6, 6.07) is 9.15. The van der Waals surface area contributed by atoms with Gasteiger partial charge in [-0.3, -0.25) is 14.8 Å². The number of carbonyl (C=O) groups excluding carboxylic acids is 1. The average Bonchev–Trinajstić information content (AvgIpc) is 2.94. The van der Waals surface area contributed by atoms with Crippen molar-refractivity contribution in [2.45, 2.75) is 13.1 Å². The van der Waals surface area contributed by atoms with E-state index in [0.29, 0.717) is 27.3 Å². The fourth-order valence-electron chi connectivity index (χ4n) is 2.28. The molecule has 1 amide bonds. The summed E-state index contributed by atoms with van der Waals surface area (Å²) in [5, 5.41) is 0. The largest absolute Gasteiger partial charge is 0.330 e. The van der Waals surface area contributed by atoms with Crippen LogP contribution in [0.1, 0.15) is 21.5 Å². The van der Waals surface area contributed by atoms with Crippen molar-refractivity contribution in [3.05, 3.63) is 80.5 Å². The molecule has 24 heavy (non-hydrogen) atoms. The molecule has 122 valence electrons. The molecule has 4 nitrogen and oxygen atoms in total. The van der Waals surface area contributed by atoms with Crippen molar-refractivity contribution in [2.75, 3.05) is 0 Å². The van der Waals surface area contributed by atoms with Crippen LogP contribution in [0.4, 0.5) is 0 Å². The lowest BCUT2D eigenvalue weighted by Crippen LogP contribution is -2.30. The van der Waals surface area contributed by atoms with Gasteiger partial charge in [-0.15, -0.1) is 11.3 Å². The standard InChI is InChI=1S/C17H13Cl2N3OS/c18-15-8-14(16(19)24-15)17(23)22(10-12-3-6-20-7-4-12)11-13-2-1-5-21-9-13/h1-9H,10-11H2. The molecule has 3 aromatic rings. The summed E-state index contributed by atoms with van der Waals surface area (Å²) in [5.74, 6) is -0.163. The molecule has 7 heteroatoms. The highest BCUT2D eigenvalue weighted by atomic mass is 35.5. The predicted molar refractivity (Wildman–Crippen MR) is 96.4 cm³/mol. The van der Waals surface area contributed by atoms with Crippen LogP contribution >= 0.6 is 34.5 Å². The van der Waals surface area contributed by atoms with Crippen molar-refractivity contribution in [3.63, 3.8) is 0 Å². The van der Waals surface area contributed by atoms with Crippen LogP contribution in [-0.2, 0) is 13.1 Å². The first kappa shape index (κ1) is 16.9. The van der Waals surface area contributed by atoms with Gasteiger partial charge in [-0.25, -0.2) is 0 Å². The van der Waals surface area contributed by atoms with E-state index in [0.717, 1.165) is 11.1 Å². The molecule has 3 aromatic heterocycles. The number of rotatable bonds is 5. The summed E-state index contributed by atoms with van der Waals surface area (Å²) in [7, 11) is 0. The number of thiophene rings is 1. The van der Waals surface area contributed by atoms with Gasteiger partial charge in [-0.2, -0.15) is 0 Å². The Bertz CT molecular complexity index is 783. The van der Waals surface area contributed by atoms with Crippen molar-refractivity contribution in [1.29, 1.82) is 0 Å². The quantitative estimate of drug-likeness (QED) is 0.647. The second kappa shape index (κ2) is 7.75. The third-order valence-corrected chi connectivity index (χ3v) is 4.88. The average molecular weight is 378 g/mol. The topological polar surface area (TPSA) is 46.1 Å². The lowest BCUT2D eigenvalue weighted by molar-refractivity contribution is 0.0730. The van der Waals surface area contributed by atoms with Gasteiger partial charge in [0, 0.05) is 37.9 Å². The van der Waals surface area contributed by atoms with E-state index in [1.54, 1.807) is 35.8 Å². The maximum Gasteiger partial charge on any atom is 0.256 e. The minimum Gasteiger partial charge on any atom is -0.330 e. The Morgan fingerprint density at radius 2 is 1.79 bits per heavy atom. The van der Waals surface area contributed by atoms with Crippen molar-refractivity contribution in [1.82, 2.24) is 14.9 Å². The molecule has 0 bridgehead atoms. The van der Waals surface area contributed by atoms with E-state index >= 15 is 0 Å². The summed E-state index contributed by atoms with van der Waals surface area (Å²) in [6.07, 6.45) is 6.86. The number of halogens is 2. The maximum atomic E-state index is 12.9. The Hall–Kier alpha value is -1.95. The van der Waals surface area contributed by atoms with Gasteiger partial charge >= 0.3 is 0 Å². The first-order valence-corrected chi connectivity index (χ1v) is 8.72. The number of hydrogen-bond donors (Lipinski definition) is 0. The zero-order valence-electron chi connectivity index (χ0n) is 12.5. The zero-order valence-corrected chi connectivity index (χ0v) is 14.9. The Balaban J connectivity index is 1.89. The second-order valence-electron chi connectivity index (χ2n) is 5.12. The maximum absolute atomic E-state index is 12.9. The molecule has 0 aliphatic heterocycles. The van der Waals surface area contributed by atoms with Gasteiger partial charge in [0.15, 0.2) is 0 Å². The highest BCUT2D eigenvalue weighted by Crippen LogP contribution is 2.32. The van der Waals surface area contributed by atoms with Crippen LogP contribution in [0.2, 0.25) is 8.67 Å². The molecule has 0 unspecified atom stereocenters. The lowest BCUT2D eigenvalue weighted by atomic mass is 10.2. The molecule has 0 aliphatic rings. The highest BCUT2D eigenvalue weighted by molar-refractivity contribution is 7.20. The van der Waals surface area contributed by atoms with Gasteiger partial charge in [-0.05, 0) is 35.4 Å². The minimum absolute atomic E-state index is 0.163. The van der Waals surface area contributed by atoms with Gasteiger partial charge in [-0.1, -0.05) is 29.3 Å². The SMILES string of the molecule is O=C(c1cc(Cl)sc1Cl)N(Cc1ccncc1)Cc1cccnc1. The van der Waals surface area contributed by atoms with Crippen LogP contribution in [0.5, 0.6) is 0 Å². The molecule has 0 atom stereocenters. The summed E-state index contributed by atoms with van der Waals surface area (Å²) in [6.45, 7) is 0.874. The Kier molecular flexibility index (Phi) is 5.45. The first-order valence-electron chi connectivity index (χ1n) is 7.15. The Labute approximate surface area is 153 Å². The summed E-state index contributed by atoms with van der Waals surface area (Å²) < 4.78 is 0.893. The molecular formula is C17H13Cl2N3OS. The lowest BCUT2D eigenvalue weighted by Gasteiger charge is -2.22. The van der Waals surface area contributed by atoms with Crippen molar-refractivity contribution in [2.24, 2.45) is 0 Å². The smallest absolute Gasteiger partial charge is 0.256 e. The van der Waals surface area contributed by atoms with Gasteiger partial charge in [0.25, 0.3) is 5.91 Å². The van der Waals surface area contributed by atoms with E-state index in [1.807, 2.05) is 24.3 Å². The normalized spacial score (nSPS) is 10.6.